The van der Waals surface area contributed by atoms with Crippen LogP contribution >= 0.6 is 0 Å². The van der Waals surface area contributed by atoms with E-state index in [2.05, 4.69) is 63.6 Å². The number of hydrogen-bond donors (Lipinski definition) is 0. The van der Waals surface area contributed by atoms with Gasteiger partial charge in [0.2, 0.25) is 5.71 Å². The molecule has 2 saturated carbocycles. The minimum atomic E-state index is -2.84. The quantitative estimate of drug-likeness (QED) is 0.149. The van der Waals surface area contributed by atoms with Gasteiger partial charge in [-0.3, -0.25) is 0 Å². The molecule has 0 spiro atoms. The number of benzene rings is 3. The molecule has 9 rings (SSSR count). The zero-order valence-electron chi connectivity index (χ0n) is 49.4. The Labute approximate surface area is 402 Å². The molecule has 2 aliphatic rings. The molecule has 0 radical (unpaired) electrons. The van der Waals surface area contributed by atoms with Crippen molar-refractivity contribution in [3.05, 3.63) is 125 Å². The number of pyridine rings is 3. The third kappa shape index (κ3) is 8.44. The summed E-state index contributed by atoms with van der Waals surface area (Å²) in [4.78, 5) is 13.8. The number of fused-ring (bicyclic) bond motifs is 3. The standard InChI is InChI=1S/C56H61N3O2.Pt/c1-33-21-49(57-30-35(33)3)40-22-46(39-15-13-12-14-16-39)38(6)51(23-40)60-42-24-47-44-18-17-37(5)59-53(44)61-52(47)48(25-42)50-26-45(36(4)31-58-50)43-19-20-56(11,27-34(43)2)41-28-54(7,8)32-55(9,10)29-41;/h12-18,21-22,24,26,30-31,34,41,43H,19-20,27-29,32H2,1-11H3;/q-2;+2/i1D3,3D3,5D3,6D3,41D;. The topological polar surface area (TPSA) is 61.0 Å². The largest absolute Gasteiger partial charge is 2.00 e. The second-order valence-electron chi connectivity index (χ2n) is 19.6. The van der Waals surface area contributed by atoms with Crippen LogP contribution in [0, 0.1) is 74.5 Å². The molecule has 62 heavy (non-hydrogen) atoms. The van der Waals surface area contributed by atoms with Gasteiger partial charge in [-0.05, 0) is 146 Å². The summed E-state index contributed by atoms with van der Waals surface area (Å²) < 4.78 is 123. The molecule has 0 bridgehead atoms. The average Bonchev–Trinajstić information content (AvgIpc) is 3.64. The minimum Gasteiger partial charge on any atom is -0.496 e. The molecule has 2 aliphatic carbocycles. The van der Waals surface area contributed by atoms with E-state index >= 15 is 0 Å². The Balaban J connectivity index is 0.00000747. The summed E-state index contributed by atoms with van der Waals surface area (Å²) in [5, 5.41) is 0.908. The van der Waals surface area contributed by atoms with Crippen molar-refractivity contribution in [2.45, 2.75) is 120 Å². The predicted octanol–water partition coefficient (Wildman–Crippen LogP) is 15.5. The molecule has 0 saturated heterocycles. The van der Waals surface area contributed by atoms with E-state index in [1.165, 1.54) is 18.2 Å². The van der Waals surface area contributed by atoms with Gasteiger partial charge in [-0.2, -0.15) is 0 Å². The number of aromatic nitrogens is 3. The first-order valence-corrected chi connectivity index (χ1v) is 21.3. The average molecular weight is 1020 g/mol. The fourth-order valence-corrected chi connectivity index (χ4v) is 10.9. The van der Waals surface area contributed by atoms with Crippen LogP contribution in [0.4, 0.5) is 0 Å². The van der Waals surface area contributed by atoms with E-state index in [0.29, 0.717) is 33.2 Å². The van der Waals surface area contributed by atoms with Crippen molar-refractivity contribution in [2.75, 3.05) is 0 Å². The molecule has 6 heteroatoms. The number of furan rings is 1. The number of hydrogen-bond acceptors (Lipinski definition) is 5. The number of aryl methyl sites for hydroxylation is 4. The molecule has 3 aromatic carbocycles. The first-order chi connectivity index (χ1) is 34.2. The van der Waals surface area contributed by atoms with Gasteiger partial charge in [0.05, 0.1) is 5.58 Å². The van der Waals surface area contributed by atoms with Gasteiger partial charge in [-0.15, -0.1) is 11.6 Å². The Morgan fingerprint density at radius 1 is 0.806 bits per heavy atom. The van der Waals surface area contributed by atoms with Gasteiger partial charge in [-0.1, -0.05) is 137 Å². The van der Waals surface area contributed by atoms with Crippen LogP contribution < -0.4 is 4.74 Å². The monoisotopic (exact) mass is 1020 g/mol. The van der Waals surface area contributed by atoms with Gasteiger partial charge in [0.15, 0.2) is 0 Å². The fourth-order valence-electron chi connectivity index (χ4n) is 10.9. The van der Waals surface area contributed by atoms with Crippen molar-refractivity contribution in [1.29, 1.82) is 0 Å². The molecule has 3 unspecified atom stereocenters. The van der Waals surface area contributed by atoms with Crippen LogP contribution in [-0.2, 0) is 21.1 Å². The molecule has 7 aromatic rings. The third-order valence-corrected chi connectivity index (χ3v) is 13.3. The summed E-state index contributed by atoms with van der Waals surface area (Å²) >= 11 is 0. The normalized spacial score (nSPS) is 25.6. The molecular formula is C56H61N3O2Pt. The third-order valence-electron chi connectivity index (χ3n) is 13.3. The maximum Gasteiger partial charge on any atom is 2.00 e. The summed E-state index contributed by atoms with van der Waals surface area (Å²) in [5.41, 5.74) is 2.72. The Kier molecular flexibility index (Phi) is 8.11. The Bertz CT molecular complexity index is 3290. The van der Waals surface area contributed by atoms with E-state index in [0.717, 1.165) is 55.8 Å². The zero-order valence-corrected chi connectivity index (χ0v) is 38.6. The summed E-state index contributed by atoms with van der Waals surface area (Å²) in [7, 11) is 0. The van der Waals surface area contributed by atoms with Crippen molar-refractivity contribution < 1.29 is 48.0 Å². The van der Waals surface area contributed by atoms with Crippen molar-refractivity contribution in [3.63, 3.8) is 0 Å². The SMILES string of the molecule is [2H]C([2H])([2H])c1ccc2c(n1)oc1c(-c3cc(C4CCC(C)(C5([2H])CC(C)(C)CC(C)(C)C5)CC4C)c(C)cn3)[c-]c(Oc3[c-]c(-c4cc(C([2H])([2H])[2H])c(C([2H])([2H])[2H])cn4)cc(-c4ccccc4)c3C([2H])([2H])[2H])cc12.[Pt+2]. The second kappa shape index (κ2) is 16.5. The van der Waals surface area contributed by atoms with Crippen molar-refractivity contribution >= 4 is 22.1 Å². The van der Waals surface area contributed by atoms with Crippen LogP contribution in [0.5, 0.6) is 11.5 Å². The van der Waals surface area contributed by atoms with Crippen LogP contribution in [0.1, 0.15) is 137 Å². The van der Waals surface area contributed by atoms with Gasteiger partial charge >= 0.3 is 21.1 Å². The Morgan fingerprint density at radius 3 is 2.29 bits per heavy atom. The van der Waals surface area contributed by atoms with Gasteiger partial charge in [-0.25, -0.2) is 4.98 Å². The molecule has 0 N–H and O–H groups in total. The zero-order chi connectivity index (χ0) is 53.9. The van der Waals surface area contributed by atoms with E-state index < -0.39 is 44.4 Å². The van der Waals surface area contributed by atoms with Crippen LogP contribution in [-0.4, -0.2) is 15.0 Å². The molecular weight excluding hydrogens is 942 g/mol. The van der Waals surface area contributed by atoms with E-state index in [1.54, 1.807) is 42.5 Å². The van der Waals surface area contributed by atoms with E-state index in [1.807, 2.05) is 19.2 Å². The molecule has 5 nitrogen and oxygen atoms in total. The Hall–Kier alpha value is -4.60. The molecule has 4 aromatic heterocycles. The van der Waals surface area contributed by atoms with Crippen molar-refractivity contribution in [2.24, 2.45) is 28.1 Å². The maximum atomic E-state index is 10.1. The van der Waals surface area contributed by atoms with Crippen molar-refractivity contribution in [3.8, 4) is 45.1 Å². The molecule has 0 amide bonds. The maximum absolute atomic E-state index is 10.1. The van der Waals surface area contributed by atoms with Gasteiger partial charge < -0.3 is 19.1 Å². The van der Waals surface area contributed by atoms with Crippen molar-refractivity contribution in [1.82, 2.24) is 15.0 Å². The van der Waals surface area contributed by atoms with E-state index in [9.17, 15) is 1.37 Å². The smallest absolute Gasteiger partial charge is 0.496 e. The molecule has 3 atom stereocenters. The van der Waals surface area contributed by atoms with Crippen LogP contribution in [0.25, 0.3) is 55.7 Å². The second-order valence-corrected chi connectivity index (χ2v) is 19.6. The van der Waals surface area contributed by atoms with E-state index in [-0.39, 0.29) is 94.4 Å². The van der Waals surface area contributed by atoms with Crippen LogP contribution in [0.3, 0.4) is 0 Å². The Morgan fingerprint density at radius 2 is 1.56 bits per heavy atom. The minimum absolute atomic E-state index is 0. The van der Waals surface area contributed by atoms with Gasteiger partial charge in [0.1, 0.15) is 0 Å². The van der Waals surface area contributed by atoms with Gasteiger partial charge in [0.25, 0.3) is 0 Å². The predicted molar refractivity (Wildman–Crippen MR) is 250 cm³/mol. The number of ether oxygens (including phenoxy) is 1. The summed E-state index contributed by atoms with van der Waals surface area (Å²) in [6.45, 7) is 4.90. The summed E-state index contributed by atoms with van der Waals surface area (Å²) in [6, 6.07) is 24.5. The summed E-state index contributed by atoms with van der Waals surface area (Å²) in [6.07, 6.45) is 8.25. The van der Waals surface area contributed by atoms with Crippen LogP contribution in [0.2, 0.25) is 0 Å². The molecule has 322 valence electrons. The first kappa shape index (κ1) is 30.5. The fraction of sp³-hybridized carbons (Fsp3) is 0.411. The molecule has 2 fully saturated rings. The number of nitrogens with zero attached hydrogens (tertiary/aromatic N) is 3. The molecule has 4 heterocycles. The first-order valence-electron chi connectivity index (χ1n) is 27.8. The summed E-state index contributed by atoms with van der Waals surface area (Å²) in [5.74, 6) is -0.460. The van der Waals surface area contributed by atoms with Crippen LogP contribution in [0.15, 0.2) is 83.5 Å². The van der Waals surface area contributed by atoms with Gasteiger partial charge in [0, 0.05) is 52.8 Å². The van der Waals surface area contributed by atoms with E-state index in [4.69, 9.17) is 30.6 Å². The molecule has 0 aliphatic heterocycles. The number of rotatable bonds is 7.